The number of fused-ring (bicyclic) bond motifs is 1. The normalized spacial score (nSPS) is 14.8. The van der Waals surface area contributed by atoms with Gasteiger partial charge in [-0.05, 0) is 18.1 Å². The maximum Gasteiger partial charge on any atom is 0.276 e. The average molecular weight is 527 g/mol. The minimum absolute atomic E-state index is 0.0721. The highest BCUT2D eigenvalue weighted by atomic mass is 16.5. The van der Waals surface area contributed by atoms with Gasteiger partial charge in [0.15, 0.2) is 17.3 Å². The molecule has 1 aliphatic rings. The molecule has 2 amide bonds. The highest BCUT2D eigenvalue weighted by molar-refractivity contribution is 5.99. The quantitative estimate of drug-likeness (QED) is 0.373. The molecule has 1 saturated heterocycles. The maximum atomic E-state index is 13.4. The van der Waals surface area contributed by atoms with Gasteiger partial charge in [-0.3, -0.25) is 9.59 Å². The Hall–Kier alpha value is -4.60. The zero-order valence-electron chi connectivity index (χ0n) is 21.8. The van der Waals surface area contributed by atoms with Crippen LogP contribution in [0.2, 0.25) is 0 Å². The highest BCUT2D eigenvalue weighted by Crippen LogP contribution is 2.22. The van der Waals surface area contributed by atoms with Crippen LogP contribution < -0.4 is 10.1 Å². The SMILES string of the molecule is CC(C)[C@H](NC(=O)c1nc2ccccc2nc1O)C(=O)N1CCC(Oc2cnc(-c3ccccc3)nc2)CC1. The third kappa shape index (κ3) is 5.95. The summed E-state index contributed by atoms with van der Waals surface area (Å²) in [5.74, 6) is -0.252. The summed E-state index contributed by atoms with van der Waals surface area (Å²) >= 11 is 0. The molecule has 0 radical (unpaired) electrons. The van der Waals surface area contributed by atoms with Crippen molar-refractivity contribution in [1.82, 2.24) is 30.2 Å². The van der Waals surface area contributed by atoms with Crippen LogP contribution in [0, 0.1) is 5.92 Å². The number of aromatic nitrogens is 4. The number of amides is 2. The molecule has 0 saturated carbocycles. The van der Waals surface area contributed by atoms with E-state index in [0.29, 0.717) is 48.5 Å². The molecule has 200 valence electrons. The van der Waals surface area contributed by atoms with Crippen molar-refractivity contribution in [1.29, 1.82) is 0 Å². The van der Waals surface area contributed by atoms with E-state index in [4.69, 9.17) is 4.74 Å². The van der Waals surface area contributed by atoms with Crippen molar-refractivity contribution in [3.05, 3.63) is 72.7 Å². The molecule has 2 aromatic carbocycles. The van der Waals surface area contributed by atoms with Crippen LogP contribution >= 0.6 is 0 Å². The van der Waals surface area contributed by atoms with Gasteiger partial charge in [0.05, 0.1) is 23.4 Å². The molecule has 3 heterocycles. The standard InChI is InChI=1S/C29H30N6O4/c1-18(2)24(34-28(37)25-27(36)33-23-11-7-6-10-22(23)32-25)29(38)35-14-12-20(13-15-35)39-21-16-30-26(31-17-21)19-8-4-3-5-9-19/h3-11,16-18,20,24H,12-15H2,1-2H3,(H,33,36)(H,34,37)/t24-/m0/s1. The number of hydrogen-bond donors (Lipinski definition) is 2. The molecule has 1 atom stereocenters. The number of hydrogen-bond acceptors (Lipinski definition) is 8. The van der Waals surface area contributed by atoms with Crippen LogP contribution in [-0.4, -0.2) is 67.0 Å². The van der Waals surface area contributed by atoms with Crippen molar-refractivity contribution >= 4 is 22.8 Å². The Balaban J connectivity index is 1.18. The van der Waals surface area contributed by atoms with Gasteiger partial charge in [0.1, 0.15) is 12.1 Å². The number of carbonyl (C=O) groups is 2. The Morgan fingerprint density at radius 2 is 1.56 bits per heavy atom. The predicted octanol–water partition coefficient (Wildman–Crippen LogP) is 3.62. The molecular formula is C29H30N6O4. The van der Waals surface area contributed by atoms with Crippen LogP contribution in [0.4, 0.5) is 0 Å². The van der Waals surface area contributed by atoms with Gasteiger partial charge in [-0.15, -0.1) is 0 Å². The number of para-hydroxylation sites is 2. The molecule has 2 N–H and O–H groups in total. The van der Waals surface area contributed by atoms with E-state index in [1.807, 2.05) is 44.2 Å². The number of likely N-dealkylation sites (tertiary alicyclic amines) is 1. The number of benzene rings is 2. The van der Waals surface area contributed by atoms with Crippen LogP contribution in [0.1, 0.15) is 37.2 Å². The highest BCUT2D eigenvalue weighted by Gasteiger charge is 2.33. The number of piperidine rings is 1. The largest absolute Gasteiger partial charge is 0.492 e. The molecule has 0 unspecified atom stereocenters. The monoisotopic (exact) mass is 526 g/mol. The molecule has 1 fully saturated rings. The number of ether oxygens (including phenoxy) is 1. The van der Waals surface area contributed by atoms with Gasteiger partial charge in [-0.25, -0.2) is 19.9 Å². The van der Waals surface area contributed by atoms with E-state index >= 15 is 0 Å². The summed E-state index contributed by atoms with van der Waals surface area (Å²) in [6.07, 6.45) is 4.55. The number of aromatic hydroxyl groups is 1. The van der Waals surface area contributed by atoms with E-state index in [1.165, 1.54) is 0 Å². The second kappa shape index (κ2) is 11.4. The number of carbonyl (C=O) groups excluding carboxylic acids is 2. The Morgan fingerprint density at radius 3 is 2.21 bits per heavy atom. The molecule has 5 rings (SSSR count). The predicted molar refractivity (Wildman–Crippen MR) is 145 cm³/mol. The minimum atomic E-state index is -0.776. The Morgan fingerprint density at radius 1 is 0.949 bits per heavy atom. The molecule has 39 heavy (non-hydrogen) atoms. The second-order valence-electron chi connectivity index (χ2n) is 9.83. The van der Waals surface area contributed by atoms with Crippen molar-refractivity contribution in [3.63, 3.8) is 0 Å². The second-order valence-corrected chi connectivity index (χ2v) is 9.83. The van der Waals surface area contributed by atoms with Crippen molar-refractivity contribution in [2.24, 2.45) is 5.92 Å². The first-order valence-electron chi connectivity index (χ1n) is 13.0. The molecular weight excluding hydrogens is 496 g/mol. The van der Waals surface area contributed by atoms with E-state index < -0.39 is 17.8 Å². The number of nitrogens with zero attached hydrogens (tertiary/aromatic N) is 5. The first kappa shape index (κ1) is 26.0. The fourth-order valence-electron chi connectivity index (χ4n) is 4.56. The molecule has 1 aliphatic heterocycles. The summed E-state index contributed by atoms with van der Waals surface area (Å²) in [5.41, 5.74) is 1.69. The maximum absolute atomic E-state index is 13.4. The molecule has 10 nitrogen and oxygen atoms in total. The van der Waals surface area contributed by atoms with Crippen molar-refractivity contribution in [2.45, 2.75) is 38.8 Å². The summed E-state index contributed by atoms with van der Waals surface area (Å²) in [6, 6.07) is 15.9. The smallest absolute Gasteiger partial charge is 0.276 e. The fraction of sp³-hybridized carbons (Fsp3) is 0.310. The van der Waals surface area contributed by atoms with Gasteiger partial charge in [0.2, 0.25) is 11.8 Å². The fourth-order valence-corrected chi connectivity index (χ4v) is 4.56. The first-order chi connectivity index (χ1) is 18.9. The molecule has 10 heteroatoms. The van der Waals surface area contributed by atoms with Gasteiger partial charge in [-0.2, -0.15) is 0 Å². The summed E-state index contributed by atoms with van der Waals surface area (Å²) in [7, 11) is 0. The number of rotatable bonds is 7. The topological polar surface area (TPSA) is 130 Å². The van der Waals surface area contributed by atoms with Crippen molar-refractivity contribution in [2.75, 3.05) is 13.1 Å². The van der Waals surface area contributed by atoms with Crippen LogP contribution in [-0.2, 0) is 4.79 Å². The van der Waals surface area contributed by atoms with Crippen LogP contribution in [0.15, 0.2) is 67.0 Å². The van der Waals surface area contributed by atoms with E-state index in [-0.39, 0.29) is 23.6 Å². The Labute approximate surface area is 226 Å². The van der Waals surface area contributed by atoms with Gasteiger partial charge in [0.25, 0.3) is 5.91 Å². The lowest BCUT2D eigenvalue weighted by Gasteiger charge is -2.35. The van der Waals surface area contributed by atoms with Gasteiger partial charge < -0.3 is 20.1 Å². The molecule has 0 spiro atoms. The van der Waals surface area contributed by atoms with Crippen LogP contribution in [0.3, 0.4) is 0 Å². The van der Waals surface area contributed by atoms with E-state index in [0.717, 1.165) is 5.56 Å². The number of nitrogens with one attached hydrogen (secondary N) is 1. The van der Waals surface area contributed by atoms with Gasteiger partial charge in [-0.1, -0.05) is 56.3 Å². The zero-order valence-corrected chi connectivity index (χ0v) is 21.8. The minimum Gasteiger partial charge on any atom is -0.492 e. The molecule has 2 aromatic heterocycles. The first-order valence-corrected chi connectivity index (χ1v) is 13.0. The average Bonchev–Trinajstić information content (AvgIpc) is 2.96. The summed E-state index contributed by atoms with van der Waals surface area (Å²) in [6.45, 7) is 4.71. The lowest BCUT2D eigenvalue weighted by molar-refractivity contribution is -0.136. The van der Waals surface area contributed by atoms with Crippen LogP contribution in [0.25, 0.3) is 22.4 Å². The third-order valence-electron chi connectivity index (χ3n) is 6.70. The lowest BCUT2D eigenvalue weighted by atomic mass is 10.00. The summed E-state index contributed by atoms with van der Waals surface area (Å²) in [4.78, 5) is 45.3. The van der Waals surface area contributed by atoms with Gasteiger partial charge >= 0.3 is 0 Å². The van der Waals surface area contributed by atoms with E-state index in [2.05, 4.69) is 25.3 Å². The third-order valence-corrected chi connectivity index (χ3v) is 6.70. The van der Waals surface area contributed by atoms with Crippen LogP contribution in [0.5, 0.6) is 11.6 Å². The van der Waals surface area contributed by atoms with Crippen molar-refractivity contribution < 1.29 is 19.4 Å². The molecule has 4 aromatic rings. The zero-order chi connectivity index (χ0) is 27.4. The summed E-state index contributed by atoms with van der Waals surface area (Å²) in [5, 5.41) is 13.1. The molecule has 0 aliphatic carbocycles. The van der Waals surface area contributed by atoms with E-state index in [9.17, 15) is 14.7 Å². The van der Waals surface area contributed by atoms with Crippen molar-refractivity contribution in [3.8, 4) is 23.0 Å². The van der Waals surface area contributed by atoms with E-state index in [1.54, 1.807) is 41.6 Å². The lowest BCUT2D eigenvalue weighted by Crippen LogP contribution is -2.53. The van der Waals surface area contributed by atoms with Gasteiger partial charge in [0, 0.05) is 31.5 Å². The Kier molecular flexibility index (Phi) is 7.62. The Bertz CT molecular complexity index is 1450. The summed E-state index contributed by atoms with van der Waals surface area (Å²) < 4.78 is 6.08. The molecule has 0 bridgehead atoms.